The van der Waals surface area contributed by atoms with Gasteiger partial charge >= 0.3 is 5.97 Å². The maximum Gasteiger partial charge on any atom is 0.337 e. The van der Waals surface area contributed by atoms with E-state index in [0.717, 1.165) is 6.07 Å². The van der Waals surface area contributed by atoms with E-state index in [2.05, 4.69) is 0 Å². The first-order valence-electron chi connectivity index (χ1n) is 3.49. The molecule has 1 rings (SSSR count). The van der Waals surface area contributed by atoms with Crippen molar-refractivity contribution >= 4 is 39.2 Å². The maximum absolute atomic E-state index is 11.1. The molecule has 0 heterocycles. The first kappa shape index (κ1) is 12.3. The smallest absolute Gasteiger partial charge is 0.337 e. The second kappa shape index (κ2) is 3.97. The average Bonchev–Trinajstić information content (AvgIpc) is 2.06. The lowest BCUT2D eigenvalue weighted by Crippen LogP contribution is -2.17. The second-order valence-corrected chi connectivity index (χ2v) is 4.87. The van der Waals surface area contributed by atoms with Crippen LogP contribution in [0.4, 0.5) is 0 Å². The van der Waals surface area contributed by atoms with Gasteiger partial charge in [-0.1, -0.05) is 23.2 Å². The molecule has 0 aromatic heterocycles. The number of nitrogens with two attached hydrogens (primary N) is 1. The number of carboxylic acid groups (broad SMARTS) is 1. The highest BCUT2D eigenvalue weighted by Crippen LogP contribution is 2.31. The molecular weight excluding hydrogens is 265 g/mol. The minimum Gasteiger partial charge on any atom is -0.478 e. The normalized spacial score (nSPS) is 11.4. The fraction of sp³-hybridized carbons (Fsp3) is 0. The van der Waals surface area contributed by atoms with Gasteiger partial charge in [0.2, 0.25) is 10.0 Å². The number of carboxylic acids is 1. The Morgan fingerprint density at radius 2 is 1.87 bits per heavy atom. The number of sulfonamides is 1. The molecule has 0 amide bonds. The summed E-state index contributed by atoms with van der Waals surface area (Å²) in [6.45, 7) is 0. The summed E-state index contributed by atoms with van der Waals surface area (Å²) in [5.74, 6) is -1.45. The van der Waals surface area contributed by atoms with Gasteiger partial charge < -0.3 is 5.11 Å². The molecule has 0 unspecified atom stereocenters. The van der Waals surface area contributed by atoms with E-state index < -0.39 is 26.5 Å². The number of hydrogen-bond donors (Lipinski definition) is 2. The van der Waals surface area contributed by atoms with E-state index in [9.17, 15) is 13.2 Å². The van der Waals surface area contributed by atoms with Crippen molar-refractivity contribution in [1.29, 1.82) is 0 Å². The number of carbonyl (C=O) groups is 1. The molecule has 5 nitrogen and oxygen atoms in total. The molecule has 0 aliphatic heterocycles. The molecule has 0 atom stereocenters. The molecule has 0 aliphatic rings. The van der Waals surface area contributed by atoms with E-state index in [1.807, 2.05) is 0 Å². The Morgan fingerprint density at radius 1 is 1.33 bits per heavy atom. The van der Waals surface area contributed by atoms with Gasteiger partial charge in [0, 0.05) is 0 Å². The quantitative estimate of drug-likeness (QED) is 0.847. The van der Waals surface area contributed by atoms with Crippen LogP contribution in [0.15, 0.2) is 17.0 Å². The predicted octanol–water partition coefficient (Wildman–Crippen LogP) is 1.34. The molecule has 0 fully saturated rings. The third-order valence-electron chi connectivity index (χ3n) is 1.56. The van der Waals surface area contributed by atoms with E-state index in [1.165, 1.54) is 6.07 Å². The molecule has 15 heavy (non-hydrogen) atoms. The van der Waals surface area contributed by atoms with Gasteiger partial charge in [0.25, 0.3) is 0 Å². The Labute approximate surface area is 95.5 Å². The third-order valence-corrected chi connectivity index (χ3v) is 3.47. The Kier molecular flexibility index (Phi) is 3.25. The lowest BCUT2D eigenvalue weighted by atomic mass is 10.2. The lowest BCUT2D eigenvalue weighted by Gasteiger charge is -2.06. The fourth-order valence-electron chi connectivity index (χ4n) is 0.979. The van der Waals surface area contributed by atoms with Gasteiger partial charge in [-0.25, -0.2) is 18.4 Å². The van der Waals surface area contributed by atoms with E-state index >= 15 is 0 Å². The summed E-state index contributed by atoms with van der Waals surface area (Å²) < 4.78 is 22.2. The van der Waals surface area contributed by atoms with E-state index in [-0.39, 0.29) is 10.0 Å². The second-order valence-electron chi connectivity index (χ2n) is 2.59. The highest BCUT2D eigenvalue weighted by atomic mass is 35.5. The van der Waals surface area contributed by atoms with Crippen molar-refractivity contribution in [2.45, 2.75) is 4.90 Å². The third kappa shape index (κ3) is 2.40. The molecule has 1 aromatic rings. The van der Waals surface area contributed by atoms with Gasteiger partial charge in [-0.15, -0.1) is 0 Å². The fourth-order valence-corrected chi connectivity index (χ4v) is 2.50. The summed E-state index contributed by atoms with van der Waals surface area (Å²) in [5, 5.41) is 13.1. The summed E-state index contributed by atoms with van der Waals surface area (Å²) in [5.41, 5.74) is -0.507. The summed E-state index contributed by atoms with van der Waals surface area (Å²) in [6, 6.07) is 2.21. The standard InChI is InChI=1S/C7H5Cl2NO4S/c8-4-2-1-3(7(11)12)6(5(4)9)15(10,13)14/h1-2H,(H,11,12)(H2,10,13,14). The molecule has 0 aliphatic carbocycles. The average molecular weight is 270 g/mol. The summed E-state index contributed by atoms with van der Waals surface area (Å²) in [4.78, 5) is 10.0. The zero-order valence-corrected chi connectivity index (χ0v) is 9.40. The van der Waals surface area contributed by atoms with Crippen LogP contribution >= 0.6 is 23.2 Å². The number of primary sulfonamides is 1. The van der Waals surface area contributed by atoms with Crippen molar-refractivity contribution in [3.63, 3.8) is 0 Å². The van der Waals surface area contributed by atoms with Gasteiger partial charge in [-0.3, -0.25) is 0 Å². The van der Waals surface area contributed by atoms with Crippen LogP contribution in [0.1, 0.15) is 10.4 Å². The van der Waals surface area contributed by atoms with Crippen LogP contribution in [0.3, 0.4) is 0 Å². The van der Waals surface area contributed by atoms with Crippen molar-refractivity contribution in [3.8, 4) is 0 Å². The van der Waals surface area contributed by atoms with Gasteiger partial charge in [0.15, 0.2) is 0 Å². The molecule has 0 spiro atoms. The molecule has 0 radical (unpaired) electrons. The lowest BCUT2D eigenvalue weighted by molar-refractivity contribution is 0.0692. The number of halogens is 2. The van der Waals surface area contributed by atoms with Crippen molar-refractivity contribution in [2.75, 3.05) is 0 Å². The molecule has 3 N–H and O–H groups in total. The van der Waals surface area contributed by atoms with Crippen LogP contribution in [-0.4, -0.2) is 19.5 Å². The molecule has 82 valence electrons. The Morgan fingerprint density at radius 3 is 2.27 bits per heavy atom. The minimum absolute atomic E-state index is 0.0781. The highest BCUT2D eigenvalue weighted by Gasteiger charge is 2.24. The molecular formula is C7H5Cl2NO4S. The number of rotatable bonds is 2. The zero-order valence-electron chi connectivity index (χ0n) is 7.07. The van der Waals surface area contributed by atoms with E-state index in [4.69, 9.17) is 33.4 Å². The molecule has 1 aromatic carbocycles. The first-order chi connectivity index (χ1) is 6.75. The summed E-state index contributed by atoms with van der Waals surface area (Å²) in [6.07, 6.45) is 0. The highest BCUT2D eigenvalue weighted by molar-refractivity contribution is 7.89. The number of hydrogen-bond acceptors (Lipinski definition) is 3. The number of benzene rings is 1. The maximum atomic E-state index is 11.1. The van der Waals surface area contributed by atoms with Crippen LogP contribution in [-0.2, 0) is 10.0 Å². The van der Waals surface area contributed by atoms with Crippen molar-refractivity contribution < 1.29 is 18.3 Å². The minimum atomic E-state index is -4.23. The van der Waals surface area contributed by atoms with E-state index in [0.29, 0.717) is 0 Å². The Bertz CT molecular complexity index is 526. The molecule has 0 saturated heterocycles. The van der Waals surface area contributed by atoms with Crippen LogP contribution < -0.4 is 5.14 Å². The summed E-state index contributed by atoms with van der Waals surface area (Å²) in [7, 11) is -4.23. The van der Waals surface area contributed by atoms with Gasteiger partial charge in [-0.2, -0.15) is 0 Å². The van der Waals surface area contributed by atoms with Crippen molar-refractivity contribution in [3.05, 3.63) is 27.7 Å². The zero-order chi connectivity index (χ0) is 11.8. The molecule has 8 heteroatoms. The molecule has 0 saturated carbocycles. The van der Waals surface area contributed by atoms with Gasteiger partial charge in [-0.05, 0) is 12.1 Å². The topological polar surface area (TPSA) is 97.5 Å². The van der Waals surface area contributed by atoms with Crippen LogP contribution in [0, 0.1) is 0 Å². The van der Waals surface area contributed by atoms with Gasteiger partial charge in [0.05, 0.1) is 15.6 Å². The van der Waals surface area contributed by atoms with Crippen LogP contribution in [0.25, 0.3) is 0 Å². The predicted molar refractivity (Wildman–Crippen MR) is 54.8 cm³/mol. The van der Waals surface area contributed by atoms with Crippen molar-refractivity contribution in [1.82, 2.24) is 0 Å². The Balaban J connectivity index is 3.72. The largest absolute Gasteiger partial charge is 0.478 e. The molecule has 0 bridgehead atoms. The Hall–Kier alpha value is -0.820. The van der Waals surface area contributed by atoms with Gasteiger partial charge in [0.1, 0.15) is 4.90 Å². The number of aromatic carboxylic acids is 1. The van der Waals surface area contributed by atoms with E-state index in [1.54, 1.807) is 0 Å². The SMILES string of the molecule is NS(=O)(=O)c1c(C(=O)O)ccc(Cl)c1Cl. The van der Waals surface area contributed by atoms with Crippen LogP contribution in [0.5, 0.6) is 0 Å². The van der Waals surface area contributed by atoms with Crippen LogP contribution in [0.2, 0.25) is 10.0 Å². The van der Waals surface area contributed by atoms with Crippen molar-refractivity contribution in [2.24, 2.45) is 5.14 Å². The first-order valence-corrected chi connectivity index (χ1v) is 5.79. The monoisotopic (exact) mass is 269 g/mol. The summed E-state index contributed by atoms with van der Waals surface area (Å²) >= 11 is 11.1.